The number of anilines is 1. The highest BCUT2D eigenvalue weighted by Crippen LogP contribution is 2.44. The van der Waals surface area contributed by atoms with E-state index >= 15 is 0 Å². The second kappa shape index (κ2) is 8.43. The van der Waals surface area contributed by atoms with E-state index in [0.717, 1.165) is 27.8 Å². The Hall–Kier alpha value is -4.13. The first-order chi connectivity index (χ1) is 16.0. The first kappa shape index (κ1) is 20.8. The molecule has 3 aromatic rings. The number of para-hydroxylation sites is 1. The van der Waals surface area contributed by atoms with Gasteiger partial charge in [0.15, 0.2) is 0 Å². The van der Waals surface area contributed by atoms with E-state index in [1.807, 2.05) is 36.4 Å². The smallest absolute Gasteiger partial charge is 0.407 e. The van der Waals surface area contributed by atoms with Gasteiger partial charge in [0.25, 0.3) is 0 Å². The van der Waals surface area contributed by atoms with Crippen LogP contribution in [0.2, 0.25) is 0 Å². The van der Waals surface area contributed by atoms with Crippen LogP contribution < -0.4 is 10.2 Å². The number of carboxylic acids is 1. The number of hydrogen-bond donors (Lipinski definition) is 2. The summed E-state index contributed by atoms with van der Waals surface area (Å²) >= 11 is 0. The molecule has 0 saturated heterocycles. The largest absolute Gasteiger partial charge is 0.480 e. The van der Waals surface area contributed by atoms with Gasteiger partial charge in [-0.25, -0.2) is 9.59 Å². The van der Waals surface area contributed by atoms with Crippen LogP contribution in [0.4, 0.5) is 10.5 Å². The van der Waals surface area contributed by atoms with Gasteiger partial charge in [0.05, 0.1) is 0 Å². The van der Waals surface area contributed by atoms with Gasteiger partial charge in [-0.2, -0.15) is 0 Å². The average Bonchev–Trinajstić information content (AvgIpc) is 3.38. The van der Waals surface area contributed by atoms with Gasteiger partial charge in [-0.05, 0) is 33.9 Å². The lowest BCUT2D eigenvalue weighted by Gasteiger charge is -2.23. The molecule has 0 bridgehead atoms. The predicted molar refractivity (Wildman–Crippen MR) is 122 cm³/mol. The zero-order valence-corrected chi connectivity index (χ0v) is 17.7. The van der Waals surface area contributed by atoms with Crippen molar-refractivity contribution in [3.05, 3.63) is 89.5 Å². The summed E-state index contributed by atoms with van der Waals surface area (Å²) in [6.45, 7) is -0.215. The Kier molecular flexibility index (Phi) is 5.30. The fourth-order valence-electron chi connectivity index (χ4n) is 4.77. The number of ether oxygens (including phenoxy) is 1. The number of carboxylic acid groups (broad SMARTS) is 1. The summed E-state index contributed by atoms with van der Waals surface area (Å²) in [6, 6.07) is 22.1. The zero-order chi connectivity index (χ0) is 22.9. The third kappa shape index (κ3) is 3.71. The Bertz CT molecular complexity index is 1210. The number of amides is 2. The maximum atomic E-state index is 12.8. The highest BCUT2D eigenvalue weighted by atomic mass is 16.5. The number of nitrogens with zero attached hydrogens (tertiary/aromatic N) is 1. The first-order valence-electron chi connectivity index (χ1n) is 10.8. The van der Waals surface area contributed by atoms with E-state index in [2.05, 4.69) is 17.4 Å². The molecule has 7 nitrogen and oxygen atoms in total. The molecule has 33 heavy (non-hydrogen) atoms. The fraction of sp³-hybridized carbons (Fsp3) is 0.192. The second-order valence-electron chi connectivity index (χ2n) is 8.13. The quantitative estimate of drug-likeness (QED) is 0.630. The van der Waals surface area contributed by atoms with Gasteiger partial charge in [0.2, 0.25) is 5.91 Å². The van der Waals surface area contributed by atoms with Crippen LogP contribution in [-0.2, 0) is 20.7 Å². The molecule has 2 aliphatic rings. The summed E-state index contributed by atoms with van der Waals surface area (Å²) in [5.74, 6) is -1.66. The third-order valence-corrected chi connectivity index (χ3v) is 6.26. The molecule has 0 fully saturated rings. The van der Waals surface area contributed by atoms with E-state index in [1.54, 1.807) is 24.3 Å². The van der Waals surface area contributed by atoms with Gasteiger partial charge in [-0.1, -0.05) is 66.7 Å². The van der Waals surface area contributed by atoms with Gasteiger partial charge < -0.3 is 15.2 Å². The van der Waals surface area contributed by atoms with Crippen molar-refractivity contribution in [1.82, 2.24) is 5.32 Å². The maximum Gasteiger partial charge on any atom is 0.407 e. The molecule has 3 aromatic carbocycles. The van der Waals surface area contributed by atoms with E-state index in [-0.39, 0.29) is 25.5 Å². The van der Waals surface area contributed by atoms with E-state index < -0.39 is 24.0 Å². The number of hydrogen-bond acceptors (Lipinski definition) is 4. The molecule has 0 aromatic heterocycles. The highest BCUT2D eigenvalue weighted by Gasteiger charge is 2.38. The Morgan fingerprint density at radius 1 is 0.909 bits per heavy atom. The van der Waals surface area contributed by atoms with Crippen LogP contribution >= 0.6 is 0 Å². The molecular formula is C26H22N2O5. The molecule has 1 aliphatic carbocycles. The minimum atomic E-state index is -1.08. The molecule has 7 heteroatoms. The number of carbonyl (C=O) groups is 3. The molecule has 1 heterocycles. The molecular weight excluding hydrogens is 420 g/mol. The van der Waals surface area contributed by atoms with Crippen molar-refractivity contribution in [3.8, 4) is 11.1 Å². The van der Waals surface area contributed by atoms with Gasteiger partial charge in [-0.15, -0.1) is 0 Å². The van der Waals surface area contributed by atoms with E-state index in [1.165, 1.54) is 4.90 Å². The van der Waals surface area contributed by atoms with Crippen LogP contribution in [0.5, 0.6) is 0 Å². The summed E-state index contributed by atoms with van der Waals surface area (Å²) in [5, 5.41) is 12.0. The number of fused-ring (bicyclic) bond motifs is 4. The van der Waals surface area contributed by atoms with Gasteiger partial charge in [0.1, 0.15) is 19.2 Å². The lowest BCUT2D eigenvalue weighted by atomic mass is 9.98. The van der Waals surface area contributed by atoms with Crippen LogP contribution in [0.1, 0.15) is 22.6 Å². The topological polar surface area (TPSA) is 95.9 Å². The number of alkyl carbamates (subject to hydrolysis) is 1. The van der Waals surface area contributed by atoms with Gasteiger partial charge >= 0.3 is 12.1 Å². The summed E-state index contributed by atoms with van der Waals surface area (Å²) in [6.07, 6.45) is -0.480. The summed E-state index contributed by atoms with van der Waals surface area (Å²) < 4.78 is 5.46. The number of aliphatic carboxylic acids is 1. The maximum absolute atomic E-state index is 12.8. The Morgan fingerprint density at radius 2 is 1.52 bits per heavy atom. The molecule has 1 unspecified atom stereocenters. The molecule has 1 atom stereocenters. The predicted octanol–water partition coefficient (Wildman–Crippen LogP) is 3.57. The molecule has 0 radical (unpaired) electrons. The minimum absolute atomic E-state index is 0.0827. The molecule has 1 aliphatic heterocycles. The Labute approximate surface area is 190 Å². The summed E-state index contributed by atoms with van der Waals surface area (Å²) in [4.78, 5) is 38.1. The van der Waals surface area contributed by atoms with Crippen molar-refractivity contribution in [1.29, 1.82) is 0 Å². The second-order valence-corrected chi connectivity index (χ2v) is 8.13. The number of carbonyl (C=O) groups excluding carboxylic acids is 2. The van der Waals surface area contributed by atoms with Crippen LogP contribution in [-0.4, -0.2) is 42.3 Å². The van der Waals surface area contributed by atoms with Crippen molar-refractivity contribution in [3.63, 3.8) is 0 Å². The van der Waals surface area contributed by atoms with E-state index in [9.17, 15) is 19.5 Å². The van der Waals surface area contributed by atoms with E-state index in [0.29, 0.717) is 5.69 Å². The van der Waals surface area contributed by atoms with Crippen LogP contribution in [0.25, 0.3) is 11.1 Å². The third-order valence-electron chi connectivity index (χ3n) is 6.26. The van der Waals surface area contributed by atoms with Gasteiger partial charge in [-0.3, -0.25) is 9.69 Å². The van der Waals surface area contributed by atoms with Crippen molar-refractivity contribution in [2.24, 2.45) is 0 Å². The van der Waals surface area contributed by atoms with Crippen molar-refractivity contribution in [2.75, 3.05) is 18.1 Å². The monoisotopic (exact) mass is 442 g/mol. The molecule has 166 valence electrons. The molecule has 0 spiro atoms. The number of nitrogens with one attached hydrogen (secondary N) is 1. The molecule has 5 rings (SSSR count). The van der Waals surface area contributed by atoms with Crippen LogP contribution in [0.15, 0.2) is 72.8 Å². The molecule has 2 N–H and O–H groups in total. The number of benzene rings is 3. The van der Waals surface area contributed by atoms with Crippen molar-refractivity contribution in [2.45, 2.75) is 18.4 Å². The average molecular weight is 442 g/mol. The van der Waals surface area contributed by atoms with Gasteiger partial charge in [0, 0.05) is 18.0 Å². The summed E-state index contributed by atoms with van der Waals surface area (Å²) in [7, 11) is 0. The Morgan fingerprint density at radius 3 is 2.18 bits per heavy atom. The highest BCUT2D eigenvalue weighted by molar-refractivity contribution is 6.03. The normalized spacial score (nSPS) is 16.0. The van der Waals surface area contributed by atoms with Crippen molar-refractivity contribution >= 4 is 23.7 Å². The lowest BCUT2D eigenvalue weighted by Crippen LogP contribution is -2.47. The zero-order valence-electron chi connectivity index (χ0n) is 17.7. The molecule has 2 amide bonds. The van der Waals surface area contributed by atoms with Crippen LogP contribution in [0.3, 0.4) is 0 Å². The Balaban J connectivity index is 1.23. The fourth-order valence-corrected chi connectivity index (χ4v) is 4.77. The minimum Gasteiger partial charge on any atom is -0.480 e. The SMILES string of the molecule is O=C(NCC(=O)N1c2ccccc2CC1C(=O)O)OCC1c2ccccc2-c2ccccc21. The molecule has 0 saturated carbocycles. The van der Waals surface area contributed by atoms with Crippen LogP contribution in [0, 0.1) is 0 Å². The number of rotatable bonds is 5. The van der Waals surface area contributed by atoms with E-state index in [4.69, 9.17) is 4.74 Å². The van der Waals surface area contributed by atoms with Crippen molar-refractivity contribution < 1.29 is 24.2 Å². The lowest BCUT2D eigenvalue weighted by molar-refractivity contribution is -0.139. The summed E-state index contributed by atoms with van der Waals surface area (Å²) in [5.41, 5.74) is 5.80. The standard InChI is InChI=1S/C26H22N2O5/c29-24(28-22-12-6-1-7-16(22)13-23(28)25(30)31)14-27-26(32)33-15-21-19-10-4-2-8-17(19)18-9-3-5-11-20(18)21/h1-12,21,23H,13-15H2,(H,27,32)(H,30,31). The first-order valence-corrected chi connectivity index (χ1v) is 10.8.